The summed E-state index contributed by atoms with van der Waals surface area (Å²) in [6.45, 7) is 3.58. The topological polar surface area (TPSA) is 86.9 Å². The largest absolute Gasteiger partial charge is 0.341 e. The van der Waals surface area contributed by atoms with Crippen LogP contribution in [0.3, 0.4) is 0 Å². The second-order valence-electron chi connectivity index (χ2n) is 5.65. The number of nitrogens with one attached hydrogen (secondary N) is 3. The lowest BCUT2D eigenvalue weighted by Gasteiger charge is -2.13. The maximum absolute atomic E-state index is 12.2. The first-order valence-electron chi connectivity index (χ1n) is 7.66. The fourth-order valence-corrected chi connectivity index (χ4v) is 2.29. The van der Waals surface area contributed by atoms with Gasteiger partial charge in [-0.2, -0.15) is 0 Å². The minimum Gasteiger partial charge on any atom is -0.341 e. The summed E-state index contributed by atoms with van der Waals surface area (Å²) in [6, 6.07) is 14.0. The smallest absolute Gasteiger partial charge is 0.251 e. The maximum atomic E-state index is 12.2. The number of para-hydroxylation sites is 2. The van der Waals surface area contributed by atoms with Crippen LogP contribution >= 0.6 is 0 Å². The van der Waals surface area contributed by atoms with Crippen LogP contribution < -0.4 is 10.6 Å². The first-order chi connectivity index (χ1) is 11.5. The number of aromatic amines is 1. The van der Waals surface area contributed by atoms with E-state index in [0.29, 0.717) is 11.5 Å². The zero-order valence-electron chi connectivity index (χ0n) is 13.5. The van der Waals surface area contributed by atoms with E-state index >= 15 is 0 Å². The molecule has 1 atom stereocenters. The molecular weight excluding hydrogens is 304 g/mol. The highest BCUT2D eigenvalue weighted by Gasteiger charge is 2.17. The van der Waals surface area contributed by atoms with Gasteiger partial charge < -0.3 is 10.3 Å². The molecule has 6 nitrogen and oxygen atoms in total. The van der Waals surface area contributed by atoms with Gasteiger partial charge in [-0.1, -0.05) is 29.8 Å². The zero-order chi connectivity index (χ0) is 17.1. The summed E-state index contributed by atoms with van der Waals surface area (Å²) in [4.78, 5) is 31.7. The van der Waals surface area contributed by atoms with Crippen LogP contribution in [-0.4, -0.2) is 27.8 Å². The second kappa shape index (κ2) is 6.54. The first-order valence-corrected chi connectivity index (χ1v) is 7.66. The van der Waals surface area contributed by atoms with Crippen molar-refractivity contribution < 1.29 is 9.59 Å². The molecule has 2 amide bonds. The lowest BCUT2D eigenvalue weighted by atomic mass is 10.1. The molecule has 122 valence electrons. The fourth-order valence-electron chi connectivity index (χ4n) is 2.29. The van der Waals surface area contributed by atoms with Crippen molar-refractivity contribution >= 4 is 28.8 Å². The van der Waals surface area contributed by atoms with Crippen molar-refractivity contribution in [1.82, 2.24) is 15.3 Å². The molecule has 0 fully saturated rings. The van der Waals surface area contributed by atoms with Crippen LogP contribution in [0.5, 0.6) is 0 Å². The van der Waals surface area contributed by atoms with Crippen LogP contribution in [0, 0.1) is 6.92 Å². The number of aromatic nitrogens is 2. The standard InChI is InChI=1S/C18H18N4O2/c1-11-7-9-13(10-8-11)17(24)19-12(2)16(23)22-18-20-14-5-3-4-6-15(14)21-18/h3-10,12H,1-2H3,(H,19,24)(H2,20,21,22,23)/t12-/m1/s1. The Hall–Kier alpha value is -3.15. The molecule has 1 heterocycles. The van der Waals surface area contributed by atoms with Gasteiger partial charge in [0, 0.05) is 5.56 Å². The Morgan fingerprint density at radius 3 is 2.50 bits per heavy atom. The number of rotatable bonds is 4. The van der Waals surface area contributed by atoms with E-state index in [1.807, 2.05) is 43.3 Å². The predicted octanol–water partition coefficient (Wildman–Crippen LogP) is 2.63. The Labute approximate surface area is 139 Å². The van der Waals surface area contributed by atoms with Crippen molar-refractivity contribution in [3.63, 3.8) is 0 Å². The van der Waals surface area contributed by atoms with Gasteiger partial charge in [-0.25, -0.2) is 4.98 Å². The third kappa shape index (κ3) is 3.43. The molecular formula is C18H18N4O2. The number of H-pyrrole nitrogens is 1. The molecule has 3 N–H and O–H groups in total. The fraction of sp³-hybridized carbons (Fsp3) is 0.167. The predicted molar refractivity (Wildman–Crippen MR) is 92.8 cm³/mol. The lowest BCUT2D eigenvalue weighted by molar-refractivity contribution is -0.117. The van der Waals surface area contributed by atoms with Gasteiger partial charge >= 0.3 is 0 Å². The summed E-state index contributed by atoms with van der Waals surface area (Å²) in [5.74, 6) is -0.269. The number of imidazole rings is 1. The third-order valence-electron chi connectivity index (χ3n) is 3.69. The Kier molecular flexibility index (Phi) is 4.29. The number of amides is 2. The van der Waals surface area contributed by atoms with Crippen molar-refractivity contribution in [3.8, 4) is 0 Å². The third-order valence-corrected chi connectivity index (χ3v) is 3.69. The molecule has 3 rings (SSSR count). The van der Waals surface area contributed by atoms with Crippen LogP contribution in [0.2, 0.25) is 0 Å². The van der Waals surface area contributed by atoms with Crippen molar-refractivity contribution in [2.24, 2.45) is 0 Å². The van der Waals surface area contributed by atoms with Gasteiger partial charge in [0.15, 0.2) is 0 Å². The van der Waals surface area contributed by atoms with Crippen LogP contribution in [-0.2, 0) is 4.79 Å². The van der Waals surface area contributed by atoms with Crippen molar-refractivity contribution in [2.45, 2.75) is 19.9 Å². The number of aryl methyl sites for hydroxylation is 1. The van der Waals surface area contributed by atoms with E-state index in [9.17, 15) is 9.59 Å². The van der Waals surface area contributed by atoms with Crippen LogP contribution in [0.15, 0.2) is 48.5 Å². The van der Waals surface area contributed by atoms with Crippen molar-refractivity contribution in [3.05, 3.63) is 59.7 Å². The Balaban J connectivity index is 1.63. The molecule has 2 aromatic carbocycles. The van der Waals surface area contributed by atoms with E-state index in [1.54, 1.807) is 19.1 Å². The summed E-state index contributed by atoms with van der Waals surface area (Å²) >= 11 is 0. The van der Waals surface area contributed by atoms with Crippen LogP contribution in [0.1, 0.15) is 22.8 Å². The molecule has 3 aromatic rings. The molecule has 0 aliphatic rings. The van der Waals surface area contributed by atoms with Gasteiger partial charge in [0.25, 0.3) is 5.91 Å². The number of carbonyl (C=O) groups excluding carboxylic acids is 2. The highest BCUT2D eigenvalue weighted by molar-refractivity contribution is 6.00. The quantitative estimate of drug-likeness (QED) is 0.690. The van der Waals surface area contributed by atoms with E-state index in [0.717, 1.165) is 16.6 Å². The summed E-state index contributed by atoms with van der Waals surface area (Å²) < 4.78 is 0. The molecule has 0 aliphatic heterocycles. The number of hydrogen-bond acceptors (Lipinski definition) is 3. The van der Waals surface area contributed by atoms with Crippen LogP contribution in [0.4, 0.5) is 5.95 Å². The summed E-state index contributed by atoms with van der Waals surface area (Å²) in [7, 11) is 0. The Morgan fingerprint density at radius 1 is 1.08 bits per heavy atom. The average molecular weight is 322 g/mol. The van der Waals surface area contributed by atoms with Crippen LogP contribution in [0.25, 0.3) is 11.0 Å². The normalized spacial score (nSPS) is 11.9. The SMILES string of the molecule is Cc1ccc(C(=O)N[C@H](C)C(=O)Nc2nc3ccccc3[nH]2)cc1. The second-order valence-corrected chi connectivity index (χ2v) is 5.65. The zero-order valence-corrected chi connectivity index (χ0v) is 13.5. The number of nitrogens with zero attached hydrogens (tertiary/aromatic N) is 1. The molecule has 0 bridgehead atoms. The maximum Gasteiger partial charge on any atom is 0.251 e. The van der Waals surface area contributed by atoms with E-state index in [2.05, 4.69) is 20.6 Å². The van der Waals surface area contributed by atoms with Gasteiger partial charge in [0.1, 0.15) is 6.04 Å². The van der Waals surface area contributed by atoms with E-state index < -0.39 is 6.04 Å². The summed E-state index contributed by atoms with van der Waals surface area (Å²) in [5.41, 5.74) is 3.19. The van der Waals surface area contributed by atoms with Gasteiger partial charge in [0.2, 0.25) is 11.9 Å². The first kappa shape index (κ1) is 15.7. The minimum atomic E-state index is -0.688. The molecule has 0 radical (unpaired) electrons. The number of carbonyl (C=O) groups is 2. The van der Waals surface area contributed by atoms with Gasteiger partial charge in [-0.3, -0.25) is 14.9 Å². The molecule has 6 heteroatoms. The highest BCUT2D eigenvalue weighted by Crippen LogP contribution is 2.13. The van der Waals surface area contributed by atoms with Gasteiger partial charge in [-0.05, 0) is 38.1 Å². The molecule has 1 aromatic heterocycles. The average Bonchev–Trinajstić information content (AvgIpc) is 2.97. The number of fused-ring (bicyclic) bond motifs is 1. The molecule has 0 unspecified atom stereocenters. The monoisotopic (exact) mass is 322 g/mol. The van der Waals surface area contributed by atoms with E-state index in [1.165, 1.54) is 0 Å². The highest BCUT2D eigenvalue weighted by atomic mass is 16.2. The van der Waals surface area contributed by atoms with E-state index in [-0.39, 0.29) is 11.8 Å². The Morgan fingerprint density at radius 2 is 1.79 bits per heavy atom. The summed E-state index contributed by atoms with van der Waals surface area (Å²) in [6.07, 6.45) is 0. The van der Waals surface area contributed by atoms with E-state index in [4.69, 9.17) is 0 Å². The van der Waals surface area contributed by atoms with Crippen molar-refractivity contribution in [1.29, 1.82) is 0 Å². The molecule has 0 aliphatic carbocycles. The minimum absolute atomic E-state index is 0.290. The summed E-state index contributed by atoms with van der Waals surface area (Å²) in [5, 5.41) is 5.35. The number of hydrogen-bond donors (Lipinski definition) is 3. The van der Waals surface area contributed by atoms with Crippen molar-refractivity contribution in [2.75, 3.05) is 5.32 Å². The number of benzene rings is 2. The van der Waals surface area contributed by atoms with Gasteiger partial charge in [0.05, 0.1) is 11.0 Å². The molecule has 0 spiro atoms. The lowest BCUT2D eigenvalue weighted by Crippen LogP contribution is -2.41. The molecule has 0 saturated heterocycles. The molecule has 24 heavy (non-hydrogen) atoms. The molecule has 0 saturated carbocycles. The Bertz CT molecular complexity index is 850. The van der Waals surface area contributed by atoms with Gasteiger partial charge in [-0.15, -0.1) is 0 Å². The number of anilines is 1.